The average Bonchev–Trinajstić information content (AvgIpc) is 3.16. The fraction of sp³-hybridized carbons (Fsp3) is 0.600. The number of nitrogens with zero attached hydrogens (tertiary/aromatic N) is 3. The largest absolute Gasteiger partial charge is 0.347 e. The standard InChI is InChI=1S/C20H27N3O4/c1-21-9-11-23(12-10-21)19(25)17-4-2-3-16(15-17)18(24)22-7-5-20(6-8-22)26-13-14-27-20/h2-4,15H,5-14H2,1H3. The van der Waals surface area contributed by atoms with Crippen LogP contribution < -0.4 is 0 Å². The maximum absolute atomic E-state index is 12.9. The fourth-order valence-corrected chi connectivity index (χ4v) is 4.00. The number of amides is 2. The summed E-state index contributed by atoms with van der Waals surface area (Å²) < 4.78 is 11.5. The minimum atomic E-state index is -0.490. The van der Waals surface area contributed by atoms with Gasteiger partial charge in [0, 0.05) is 63.2 Å². The van der Waals surface area contributed by atoms with Crippen LogP contribution >= 0.6 is 0 Å². The number of benzene rings is 1. The van der Waals surface area contributed by atoms with Gasteiger partial charge in [0.2, 0.25) is 0 Å². The molecular formula is C20H27N3O4. The van der Waals surface area contributed by atoms with E-state index in [2.05, 4.69) is 11.9 Å². The summed E-state index contributed by atoms with van der Waals surface area (Å²) in [5.41, 5.74) is 1.15. The van der Waals surface area contributed by atoms with E-state index in [1.54, 1.807) is 24.3 Å². The van der Waals surface area contributed by atoms with E-state index >= 15 is 0 Å². The Morgan fingerprint density at radius 1 is 0.852 bits per heavy atom. The molecule has 1 spiro atoms. The van der Waals surface area contributed by atoms with Crippen LogP contribution in [0.2, 0.25) is 0 Å². The van der Waals surface area contributed by atoms with Gasteiger partial charge in [0.05, 0.1) is 13.2 Å². The molecule has 146 valence electrons. The first-order chi connectivity index (χ1) is 13.1. The van der Waals surface area contributed by atoms with Crippen LogP contribution in [-0.4, -0.2) is 91.8 Å². The Balaban J connectivity index is 1.41. The summed E-state index contributed by atoms with van der Waals surface area (Å²) in [5.74, 6) is -0.519. The number of carbonyl (C=O) groups excluding carboxylic acids is 2. The first kappa shape index (κ1) is 18.4. The smallest absolute Gasteiger partial charge is 0.253 e. The minimum absolute atomic E-state index is 0.00287. The Bertz CT molecular complexity index is 699. The quantitative estimate of drug-likeness (QED) is 0.776. The van der Waals surface area contributed by atoms with E-state index in [-0.39, 0.29) is 11.8 Å². The summed E-state index contributed by atoms with van der Waals surface area (Å²) in [4.78, 5) is 31.6. The van der Waals surface area contributed by atoms with Crippen LogP contribution in [0.15, 0.2) is 24.3 Å². The van der Waals surface area contributed by atoms with Crippen molar-refractivity contribution >= 4 is 11.8 Å². The molecule has 3 saturated heterocycles. The van der Waals surface area contributed by atoms with Crippen molar-refractivity contribution in [2.24, 2.45) is 0 Å². The molecule has 0 saturated carbocycles. The number of hydrogen-bond acceptors (Lipinski definition) is 5. The van der Waals surface area contributed by atoms with Crippen LogP contribution in [0.4, 0.5) is 0 Å². The Morgan fingerprint density at radius 3 is 1.93 bits per heavy atom. The lowest BCUT2D eigenvalue weighted by Gasteiger charge is -2.37. The minimum Gasteiger partial charge on any atom is -0.347 e. The van der Waals surface area contributed by atoms with E-state index in [9.17, 15) is 9.59 Å². The van der Waals surface area contributed by atoms with Crippen LogP contribution in [0.3, 0.4) is 0 Å². The number of carbonyl (C=O) groups is 2. The van der Waals surface area contributed by atoms with Gasteiger partial charge in [-0.05, 0) is 25.2 Å². The van der Waals surface area contributed by atoms with Crippen molar-refractivity contribution in [2.75, 3.05) is 59.5 Å². The molecule has 1 aromatic carbocycles. The molecule has 0 aliphatic carbocycles. The molecule has 3 aliphatic heterocycles. The summed E-state index contributed by atoms with van der Waals surface area (Å²) in [5, 5.41) is 0. The lowest BCUT2D eigenvalue weighted by Crippen LogP contribution is -2.47. The molecule has 7 heteroatoms. The van der Waals surface area contributed by atoms with Crippen molar-refractivity contribution in [3.8, 4) is 0 Å². The number of piperazine rings is 1. The molecule has 4 rings (SSSR count). The van der Waals surface area contributed by atoms with E-state index < -0.39 is 5.79 Å². The molecule has 2 amide bonds. The van der Waals surface area contributed by atoms with E-state index in [0.29, 0.717) is 50.3 Å². The monoisotopic (exact) mass is 373 g/mol. The van der Waals surface area contributed by atoms with Crippen molar-refractivity contribution in [1.82, 2.24) is 14.7 Å². The van der Waals surface area contributed by atoms with Gasteiger partial charge in [0.15, 0.2) is 5.79 Å². The van der Waals surface area contributed by atoms with E-state index in [1.807, 2.05) is 9.80 Å². The van der Waals surface area contributed by atoms with Gasteiger partial charge >= 0.3 is 0 Å². The zero-order chi connectivity index (χ0) is 18.9. The number of likely N-dealkylation sites (N-methyl/N-ethyl adjacent to an activating group) is 1. The normalized spacial score (nSPS) is 23.0. The first-order valence-electron chi connectivity index (χ1n) is 9.71. The second-order valence-corrected chi connectivity index (χ2v) is 7.58. The first-order valence-corrected chi connectivity index (χ1v) is 9.71. The van der Waals surface area contributed by atoms with Crippen molar-refractivity contribution in [3.05, 3.63) is 35.4 Å². The predicted molar refractivity (Wildman–Crippen MR) is 99.6 cm³/mol. The van der Waals surface area contributed by atoms with Gasteiger partial charge in [-0.25, -0.2) is 0 Å². The van der Waals surface area contributed by atoms with Crippen molar-refractivity contribution in [1.29, 1.82) is 0 Å². The Hall–Kier alpha value is -1.96. The average molecular weight is 373 g/mol. The van der Waals surface area contributed by atoms with Crippen molar-refractivity contribution in [3.63, 3.8) is 0 Å². The van der Waals surface area contributed by atoms with Gasteiger partial charge in [-0.1, -0.05) is 6.07 Å². The molecule has 1 aromatic rings. The second kappa shape index (κ2) is 7.58. The summed E-state index contributed by atoms with van der Waals surface area (Å²) >= 11 is 0. The maximum Gasteiger partial charge on any atom is 0.253 e. The van der Waals surface area contributed by atoms with Gasteiger partial charge < -0.3 is 24.2 Å². The van der Waals surface area contributed by atoms with Gasteiger partial charge in [-0.3, -0.25) is 9.59 Å². The van der Waals surface area contributed by atoms with Crippen LogP contribution in [0.5, 0.6) is 0 Å². The number of piperidine rings is 1. The molecule has 0 unspecified atom stereocenters. The summed E-state index contributed by atoms with van der Waals surface area (Å²) in [6.45, 7) is 5.68. The third-order valence-electron chi connectivity index (χ3n) is 5.77. The third kappa shape index (κ3) is 3.85. The molecule has 27 heavy (non-hydrogen) atoms. The van der Waals surface area contributed by atoms with Crippen LogP contribution in [0.25, 0.3) is 0 Å². The molecule has 7 nitrogen and oxygen atoms in total. The molecule has 3 heterocycles. The predicted octanol–water partition coefficient (Wildman–Crippen LogP) is 1.05. The highest BCUT2D eigenvalue weighted by Gasteiger charge is 2.40. The van der Waals surface area contributed by atoms with Gasteiger partial charge in [0.25, 0.3) is 11.8 Å². The summed E-state index contributed by atoms with van der Waals surface area (Å²) in [6, 6.07) is 7.11. The number of hydrogen-bond donors (Lipinski definition) is 0. The molecule has 0 bridgehead atoms. The third-order valence-corrected chi connectivity index (χ3v) is 5.77. The van der Waals surface area contributed by atoms with Gasteiger partial charge in [-0.2, -0.15) is 0 Å². The highest BCUT2D eigenvalue weighted by atomic mass is 16.7. The summed E-state index contributed by atoms with van der Waals surface area (Å²) in [6.07, 6.45) is 1.39. The molecule has 0 aromatic heterocycles. The zero-order valence-electron chi connectivity index (χ0n) is 15.9. The molecular weight excluding hydrogens is 346 g/mol. The lowest BCUT2D eigenvalue weighted by atomic mass is 10.0. The molecule has 3 fully saturated rings. The molecule has 0 radical (unpaired) electrons. The Labute approximate surface area is 159 Å². The topological polar surface area (TPSA) is 62.3 Å². The van der Waals surface area contributed by atoms with E-state index in [0.717, 1.165) is 26.2 Å². The van der Waals surface area contributed by atoms with Crippen LogP contribution in [-0.2, 0) is 9.47 Å². The lowest BCUT2D eigenvalue weighted by molar-refractivity contribution is -0.181. The van der Waals surface area contributed by atoms with Gasteiger partial charge in [0.1, 0.15) is 0 Å². The molecule has 0 atom stereocenters. The SMILES string of the molecule is CN1CCN(C(=O)c2cccc(C(=O)N3CCC4(CC3)OCCO4)c2)CC1. The highest BCUT2D eigenvalue weighted by Crippen LogP contribution is 2.31. The van der Waals surface area contributed by atoms with E-state index in [1.165, 1.54) is 0 Å². The van der Waals surface area contributed by atoms with Crippen molar-refractivity contribution < 1.29 is 19.1 Å². The fourth-order valence-electron chi connectivity index (χ4n) is 4.00. The maximum atomic E-state index is 12.9. The van der Waals surface area contributed by atoms with Crippen LogP contribution in [0, 0.1) is 0 Å². The second-order valence-electron chi connectivity index (χ2n) is 7.58. The number of rotatable bonds is 2. The molecule has 3 aliphatic rings. The Morgan fingerprint density at radius 2 is 1.37 bits per heavy atom. The van der Waals surface area contributed by atoms with Crippen molar-refractivity contribution in [2.45, 2.75) is 18.6 Å². The van der Waals surface area contributed by atoms with E-state index in [4.69, 9.17) is 9.47 Å². The molecule has 0 N–H and O–H groups in total. The highest BCUT2D eigenvalue weighted by molar-refractivity contribution is 5.99. The summed E-state index contributed by atoms with van der Waals surface area (Å²) in [7, 11) is 2.06. The Kier molecular flexibility index (Phi) is 5.16. The van der Waals surface area contributed by atoms with Crippen LogP contribution in [0.1, 0.15) is 33.6 Å². The van der Waals surface area contributed by atoms with Gasteiger partial charge in [-0.15, -0.1) is 0 Å². The number of likely N-dealkylation sites (tertiary alicyclic amines) is 1. The number of ether oxygens (including phenoxy) is 2. The zero-order valence-corrected chi connectivity index (χ0v) is 15.9.